The molecule has 0 bridgehead atoms. The first-order valence-electron chi connectivity index (χ1n) is 5.72. The van der Waals surface area contributed by atoms with Crippen LogP contribution >= 0.6 is 31.9 Å². The third-order valence-electron chi connectivity index (χ3n) is 2.72. The van der Waals surface area contributed by atoms with Crippen molar-refractivity contribution in [3.8, 4) is 5.75 Å². The molecular formula is C15H12Br2O2. The zero-order chi connectivity index (χ0) is 13.8. The fourth-order valence-electron chi connectivity index (χ4n) is 1.85. The van der Waals surface area contributed by atoms with Gasteiger partial charge >= 0.3 is 0 Å². The molecule has 0 N–H and O–H groups in total. The summed E-state index contributed by atoms with van der Waals surface area (Å²) >= 11 is 6.80. The minimum Gasteiger partial charge on any atom is -0.495 e. The van der Waals surface area contributed by atoms with Gasteiger partial charge in [-0.25, -0.2) is 0 Å². The number of hydrogen-bond acceptors (Lipinski definition) is 2. The van der Waals surface area contributed by atoms with Crippen molar-refractivity contribution in [2.45, 2.75) is 6.42 Å². The summed E-state index contributed by atoms with van der Waals surface area (Å²) in [5, 5.41) is 0. The van der Waals surface area contributed by atoms with E-state index in [1.807, 2.05) is 36.4 Å². The van der Waals surface area contributed by atoms with Crippen LogP contribution in [0.4, 0.5) is 0 Å². The molecule has 4 heteroatoms. The van der Waals surface area contributed by atoms with Crippen LogP contribution in [-0.4, -0.2) is 12.9 Å². The summed E-state index contributed by atoms with van der Waals surface area (Å²) in [6.45, 7) is 0. The number of ketones is 1. The van der Waals surface area contributed by atoms with Crippen LogP contribution < -0.4 is 4.74 Å². The van der Waals surface area contributed by atoms with Crippen molar-refractivity contribution in [2.75, 3.05) is 7.11 Å². The highest BCUT2D eigenvalue weighted by atomic mass is 79.9. The molecule has 0 aliphatic rings. The predicted molar refractivity (Wildman–Crippen MR) is 82.9 cm³/mol. The molecule has 0 unspecified atom stereocenters. The second-order valence-corrected chi connectivity index (χ2v) is 5.82. The van der Waals surface area contributed by atoms with E-state index in [0.29, 0.717) is 17.7 Å². The Bertz CT molecular complexity index is 595. The number of carbonyl (C=O) groups is 1. The molecule has 0 saturated heterocycles. The van der Waals surface area contributed by atoms with Gasteiger partial charge in [-0.05, 0) is 33.6 Å². The average molecular weight is 384 g/mol. The van der Waals surface area contributed by atoms with E-state index < -0.39 is 0 Å². The molecule has 0 radical (unpaired) electrons. The van der Waals surface area contributed by atoms with Gasteiger partial charge in [0.25, 0.3) is 0 Å². The van der Waals surface area contributed by atoms with E-state index in [1.54, 1.807) is 13.2 Å². The second kappa shape index (κ2) is 6.35. The number of hydrogen-bond donors (Lipinski definition) is 0. The molecule has 19 heavy (non-hydrogen) atoms. The number of Topliss-reactive ketones (excluding diaryl/α,β-unsaturated/α-hetero) is 1. The number of halogens is 2. The maximum Gasteiger partial charge on any atom is 0.171 e. The largest absolute Gasteiger partial charge is 0.495 e. The Hall–Kier alpha value is -1.13. The summed E-state index contributed by atoms with van der Waals surface area (Å²) in [5.74, 6) is 0.606. The summed E-state index contributed by atoms with van der Waals surface area (Å²) in [5.41, 5.74) is 1.57. The summed E-state index contributed by atoms with van der Waals surface area (Å²) in [4.78, 5) is 12.4. The van der Waals surface area contributed by atoms with Crippen LogP contribution in [0.5, 0.6) is 5.75 Å². The molecule has 0 fully saturated rings. The van der Waals surface area contributed by atoms with E-state index >= 15 is 0 Å². The topological polar surface area (TPSA) is 26.3 Å². The number of benzene rings is 2. The highest BCUT2D eigenvalue weighted by Crippen LogP contribution is 2.33. The van der Waals surface area contributed by atoms with Crippen molar-refractivity contribution in [1.29, 1.82) is 0 Å². The van der Waals surface area contributed by atoms with Crippen molar-refractivity contribution in [1.82, 2.24) is 0 Å². The smallest absolute Gasteiger partial charge is 0.171 e. The Kier molecular flexibility index (Phi) is 4.77. The minimum atomic E-state index is 0.0325. The van der Waals surface area contributed by atoms with Crippen molar-refractivity contribution in [3.05, 3.63) is 62.5 Å². The lowest BCUT2D eigenvalue weighted by atomic mass is 10.0. The van der Waals surface area contributed by atoms with Gasteiger partial charge in [-0.3, -0.25) is 4.79 Å². The second-order valence-electron chi connectivity index (χ2n) is 4.05. The Morgan fingerprint density at radius 1 is 1.16 bits per heavy atom. The van der Waals surface area contributed by atoms with E-state index in [1.165, 1.54) is 0 Å². The lowest BCUT2D eigenvalue weighted by molar-refractivity contribution is 0.0990. The zero-order valence-corrected chi connectivity index (χ0v) is 13.5. The van der Waals surface area contributed by atoms with E-state index in [-0.39, 0.29) is 5.78 Å². The third kappa shape index (κ3) is 3.45. The maximum atomic E-state index is 12.4. The maximum absolute atomic E-state index is 12.4. The van der Waals surface area contributed by atoms with Crippen molar-refractivity contribution < 1.29 is 9.53 Å². The molecule has 2 aromatic carbocycles. The average Bonchev–Trinajstić information content (AvgIpc) is 2.39. The molecular weight excluding hydrogens is 372 g/mol. The van der Waals surface area contributed by atoms with Gasteiger partial charge in [0.1, 0.15) is 5.75 Å². The van der Waals surface area contributed by atoms with Gasteiger partial charge in [-0.1, -0.05) is 46.3 Å². The first-order chi connectivity index (χ1) is 9.11. The SMILES string of the molecule is COc1c(Br)cc(Br)cc1C(=O)Cc1ccccc1. The number of carbonyl (C=O) groups excluding carboxylic acids is 1. The minimum absolute atomic E-state index is 0.0325. The predicted octanol–water partition coefficient (Wildman–Crippen LogP) is 4.65. The molecule has 0 spiro atoms. The Labute approximate surface area is 129 Å². The zero-order valence-electron chi connectivity index (χ0n) is 10.3. The lowest BCUT2D eigenvalue weighted by Crippen LogP contribution is -2.06. The Morgan fingerprint density at radius 2 is 1.84 bits per heavy atom. The summed E-state index contributed by atoms with van der Waals surface area (Å²) < 4.78 is 6.91. The normalized spacial score (nSPS) is 10.3. The Morgan fingerprint density at radius 3 is 2.47 bits per heavy atom. The number of rotatable bonds is 4. The van der Waals surface area contributed by atoms with E-state index in [4.69, 9.17) is 4.74 Å². The highest BCUT2D eigenvalue weighted by molar-refractivity contribution is 9.11. The van der Waals surface area contributed by atoms with Crippen molar-refractivity contribution >= 4 is 37.6 Å². The van der Waals surface area contributed by atoms with Gasteiger partial charge in [-0.2, -0.15) is 0 Å². The van der Waals surface area contributed by atoms with Crippen molar-refractivity contribution in [2.24, 2.45) is 0 Å². The summed E-state index contributed by atoms with van der Waals surface area (Å²) in [6, 6.07) is 13.3. The van der Waals surface area contributed by atoms with Crippen molar-refractivity contribution in [3.63, 3.8) is 0 Å². The van der Waals surface area contributed by atoms with Crippen LogP contribution in [0, 0.1) is 0 Å². The standard InChI is InChI=1S/C15H12Br2O2/c1-19-15-12(8-11(16)9-13(15)17)14(18)7-10-5-3-2-4-6-10/h2-6,8-9H,7H2,1H3. The summed E-state index contributed by atoms with van der Waals surface area (Å²) in [7, 11) is 1.56. The van der Waals surface area contributed by atoms with Gasteiger partial charge < -0.3 is 4.74 Å². The quantitative estimate of drug-likeness (QED) is 0.718. The molecule has 0 saturated carbocycles. The highest BCUT2D eigenvalue weighted by Gasteiger charge is 2.16. The molecule has 0 heterocycles. The molecule has 2 aromatic rings. The monoisotopic (exact) mass is 382 g/mol. The van der Waals surface area contributed by atoms with Crippen LogP contribution in [0.2, 0.25) is 0 Å². The van der Waals surface area contributed by atoms with Gasteiger partial charge in [0, 0.05) is 10.9 Å². The van der Waals surface area contributed by atoms with Gasteiger partial charge in [-0.15, -0.1) is 0 Å². The van der Waals surface area contributed by atoms with Crippen LogP contribution in [0.25, 0.3) is 0 Å². The van der Waals surface area contributed by atoms with Gasteiger partial charge in [0.2, 0.25) is 0 Å². The van der Waals surface area contributed by atoms with Crippen LogP contribution in [0.15, 0.2) is 51.4 Å². The van der Waals surface area contributed by atoms with Crippen LogP contribution in [0.3, 0.4) is 0 Å². The molecule has 2 nitrogen and oxygen atoms in total. The van der Waals surface area contributed by atoms with Gasteiger partial charge in [0.15, 0.2) is 5.78 Å². The molecule has 0 atom stereocenters. The molecule has 0 amide bonds. The fourth-order valence-corrected chi connectivity index (χ4v) is 3.24. The fraction of sp³-hybridized carbons (Fsp3) is 0.133. The lowest BCUT2D eigenvalue weighted by Gasteiger charge is -2.10. The number of ether oxygens (including phenoxy) is 1. The molecule has 0 aliphatic carbocycles. The van der Waals surface area contributed by atoms with E-state index in [2.05, 4.69) is 31.9 Å². The Balaban J connectivity index is 2.33. The number of methoxy groups -OCH3 is 1. The first kappa shape index (κ1) is 14.3. The third-order valence-corrected chi connectivity index (χ3v) is 3.77. The molecule has 98 valence electrons. The molecule has 0 aromatic heterocycles. The first-order valence-corrected chi connectivity index (χ1v) is 7.30. The van der Waals surface area contributed by atoms with Gasteiger partial charge in [0.05, 0.1) is 17.1 Å². The van der Waals surface area contributed by atoms with E-state index in [0.717, 1.165) is 14.5 Å². The summed E-state index contributed by atoms with van der Waals surface area (Å²) in [6.07, 6.45) is 0.361. The van der Waals surface area contributed by atoms with E-state index in [9.17, 15) is 4.79 Å². The molecule has 2 rings (SSSR count). The van der Waals surface area contributed by atoms with Crippen LogP contribution in [0.1, 0.15) is 15.9 Å². The molecule has 0 aliphatic heterocycles. The van der Waals surface area contributed by atoms with Crippen LogP contribution in [-0.2, 0) is 6.42 Å².